The molecule has 1 heterocycles. The molecular formula is C18H16N6. The Balaban J connectivity index is 2.02. The zero-order chi connectivity index (χ0) is 17.1. The van der Waals surface area contributed by atoms with E-state index in [1.54, 1.807) is 30.5 Å². The lowest BCUT2D eigenvalue weighted by Crippen LogP contribution is -2.19. The van der Waals surface area contributed by atoms with Crippen LogP contribution in [-0.4, -0.2) is 4.98 Å². The normalized spacial score (nSPS) is 11.2. The Bertz CT molecular complexity index is 952. The summed E-state index contributed by atoms with van der Waals surface area (Å²) >= 11 is 0. The van der Waals surface area contributed by atoms with E-state index < -0.39 is 6.17 Å². The summed E-state index contributed by atoms with van der Waals surface area (Å²) in [6.45, 7) is 0. The van der Waals surface area contributed by atoms with Crippen LogP contribution in [0, 0.1) is 12.3 Å². The van der Waals surface area contributed by atoms with Crippen LogP contribution in [0.25, 0.3) is 10.8 Å². The van der Waals surface area contributed by atoms with E-state index in [2.05, 4.69) is 21.1 Å². The van der Waals surface area contributed by atoms with Gasteiger partial charge in [-0.1, -0.05) is 24.1 Å². The molecule has 1 aromatic heterocycles. The lowest BCUT2D eigenvalue weighted by Gasteiger charge is -2.06. The standard InChI is InChI=1S/C18H16N6/c1-2-11-3-4-13-10-22-18(21)16(15(13)9-11)24-23-14-7-5-12(6-8-14)17(19)20/h1,3-10,17H,19-20H2,(H2,21,22)/b24-23+. The number of anilines is 1. The van der Waals surface area contributed by atoms with Crippen molar-refractivity contribution in [2.45, 2.75) is 6.17 Å². The van der Waals surface area contributed by atoms with Crippen molar-refractivity contribution in [2.24, 2.45) is 21.7 Å². The maximum Gasteiger partial charge on any atom is 0.151 e. The summed E-state index contributed by atoms with van der Waals surface area (Å²) in [4.78, 5) is 4.15. The van der Waals surface area contributed by atoms with Crippen LogP contribution in [0.15, 0.2) is 58.9 Å². The second kappa shape index (κ2) is 6.46. The van der Waals surface area contributed by atoms with Gasteiger partial charge in [0, 0.05) is 22.5 Å². The van der Waals surface area contributed by atoms with Gasteiger partial charge in [-0.2, -0.15) is 5.11 Å². The first-order chi connectivity index (χ1) is 11.6. The van der Waals surface area contributed by atoms with Gasteiger partial charge in [0.25, 0.3) is 0 Å². The van der Waals surface area contributed by atoms with Gasteiger partial charge in [-0.3, -0.25) is 0 Å². The highest BCUT2D eigenvalue weighted by Gasteiger charge is 2.07. The molecule has 0 aliphatic heterocycles. The summed E-state index contributed by atoms with van der Waals surface area (Å²) in [6.07, 6.45) is 6.63. The molecule has 0 aliphatic carbocycles. The molecule has 118 valence electrons. The number of pyridine rings is 1. The molecule has 24 heavy (non-hydrogen) atoms. The van der Waals surface area contributed by atoms with E-state index in [4.69, 9.17) is 23.6 Å². The minimum absolute atomic E-state index is 0.293. The van der Waals surface area contributed by atoms with Crippen LogP contribution in [0.4, 0.5) is 17.2 Å². The summed E-state index contributed by atoms with van der Waals surface area (Å²) in [5.74, 6) is 2.89. The maximum atomic E-state index is 5.96. The Hall–Kier alpha value is -3.27. The van der Waals surface area contributed by atoms with E-state index in [0.29, 0.717) is 17.2 Å². The van der Waals surface area contributed by atoms with Crippen LogP contribution in [0.2, 0.25) is 0 Å². The van der Waals surface area contributed by atoms with Crippen molar-refractivity contribution < 1.29 is 0 Å². The molecule has 2 aromatic carbocycles. The van der Waals surface area contributed by atoms with E-state index >= 15 is 0 Å². The number of fused-ring (bicyclic) bond motifs is 1. The predicted molar refractivity (Wildman–Crippen MR) is 95.8 cm³/mol. The third-order valence-electron chi connectivity index (χ3n) is 3.60. The summed E-state index contributed by atoms with van der Waals surface area (Å²) < 4.78 is 0. The summed E-state index contributed by atoms with van der Waals surface area (Å²) in [5.41, 5.74) is 19.9. The number of nitrogens with two attached hydrogens (primary N) is 3. The average Bonchev–Trinajstić information content (AvgIpc) is 2.60. The van der Waals surface area contributed by atoms with Crippen molar-refractivity contribution in [2.75, 3.05) is 5.73 Å². The summed E-state index contributed by atoms with van der Waals surface area (Å²) in [5, 5.41) is 10.2. The van der Waals surface area contributed by atoms with Gasteiger partial charge in [-0.05, 0) is 29.8 Å². The number of aromatic nitrogens is 1. The fourth-order valence-electron chi connectivity index (χ4n) is 2.28. The third-order valence-corrected chi connectivity index (χ3v) is 3.60. The molecule has 0 unspecified atom stereocenters. The van der Waals surface area contributed by atoms with Gasteiger partial charge >= 0.3 is 0 Å². The molecule has 0 fully saturated rings. The second-order valence-corrected chi connectivity index (χ2v) is 5.26. The van der Waals surface area contributed by atoms with Crippen molar-refractivity contribution >= 4 is 28.0 Å². The first-order valence-electron chi connectivity index (χ1n) is 7.26. The first-order valence-corrected chi connectivity index (χ1v) is 7.26. The number of rotatable bonds is 3. The molecule has 0 spiro atoms. The predicted octanol–water partition coefficient (Wildman–Crippen LogP) is 3.13. The van der Waals surface area contributed by atoms with Gasteiger partial charge in [0.05, 0.1) is 11.9 Å². The molecule has 6 nitrogen and oxygen atoms in total. The van der Waals surface area contributed by atoms with Gasteiger partial charge in [-0.15, -0.1) is 11.5 Å². The van der Waals surface area contributed by atoms with E-state index in [9.17, 15) is 0 Å². The highest BCUT2D eigenvalue weighted by Crippen LogP contribution is 2.32. The highest BCUT2D eigenvalue weighted by molar-refractivity contribution is 5.96. The third kappa shape index (κ3) is 3.08. The molecule has 3 rings (SSSR count). The fourth-order valence-corrected chi connectivity index (χ4v) is 2.28. The minimum atomic E-state index is -0.518. The molecule has 0 aliphatic rings. The van der Waals surface area contributed by atoms with Gasteiger partial charge in [0.2, 0.25) is 0 Å². The second-order valence-electron chi connectivity index (χ2n) is 5.26. The largest absolute Gasteiger partial charge is 0.382 e. The topological polar surface area (TPSA) is 116 Å². The Morgan fingerprint density at radius 1 is 1.04 bits per heavy atom. The number of nitrogen functional groups attached to an aromatic ring is 1. The van der Waals surface area contributed by atoms with Crippen LogP contribution in [0.3, 0.4) is 0 Å². The first kappa shape index (κ1) is 15.6. The van der Waals surface area contributed by atoms with E-state index in [1.807, 2.05) is 18.2 Å². The fraction of sp³-hybridized carbons (Fsp3) is 0.0556. The van der Waals surface area contributed by atoms with Crippen molar-refractivity contribution in [3.8, 4) is 12.3 Å². The molecule has 0 saturated carbocycles. The zero-order valence-corrected chi connectivity index (χ0v) is 12.8. The molecule has 0 bridgehead atoms. The van der Waals surface area contributed by atoms with Crippen molar-refractivity contribution in [3.05, 3.63) is 59.8 Å². The van der Waals surface area contributed by atoms with Gasteiger partial charge in [0.1, 0.15) is 5.69 Å². The van der Waals surface area contributed by atoms with Crippen LogP contribution in [0.1, 0.15) is 17.3 Å². The summed E-state index contributed by atoms with van der Waals surface area (Å²) in [7, 11) is 0. The average molecular weight is 316 g/mol. The Morgan fingerprint density at radius 2 is 1.79 bits per heavy atom. The smallest absolute Gasteiger partial charge is 0.151 e. The molecule has 6 heteroatoms. The van der Waals surface area contributed by atoms with E-state index in [1.165, 1.54) is 0 Å². The van der Waals surface area contributed by atoms with Gasteiger partial charge in [0.15, 0.2) is 5.82 Å². The molecule has 0 radical (unpaired) electrons. The Labute approximate surface area is 139 Å². The molecular weight excluding hydrogens is 300 g/mol. The molecule has 6 N–H and O–H groups in total. The Kier molecular flexibility index (Phi) is 4.20. The lowest BCUT2D eigenvalue weighted by molar-refractivity contribution is 0.774. The van der Waals surface area contributed by atoms with Gasteiger partial charge in [-0.25, -0.2) is 4.98 Å². The van der Waals surface area contributed by atoms with Crippen molar-refractivity contribution in [1.82, 2.24) is 4.98 Å². The monoisotopic (exact) mass is 316 g/mol. The van der Waals surface area contributed by atoms with Crippen LogP contribution in [-0.2, 0) is 0 Å². The zero-order valence-electron chi connectivity index (χ0n) is 12.8. The van der Waals surface area contributed by atoms with Crippen molar-refractivity contribution in [3.63, 3.8) is 0 Å². The molecule has 3 aromatic rings. The molecule has 0 saturated heterocycles. The minimum Gasteiger partial charge on any atom is -0.382 e. The van der Waals surface area contributed by atoms with Crippen LogP contribution < -0.4 is 17.2 Å². The molecule has 0 amide bonds. The quantitative estimate of drug-likeness (QED) is 0.391. The molecule has 0 atom stereocenters. The van der Waals surface area contributed by atoms with Crippen LogP contribution in [0.5, 0.6) is 0 Å². The SMILES string of the molecule is C#Cc1ccc2cnc(N)c(/N=N/c3ccc(C(N)N)cc3)c2c1. The number of terminal acetylenes is 1. The Morgan fingerprint density at radius 3 is 2.46 bits per heavy atom. The number of hydrogen-bond donors (Lipinski definition) is 3. The summed E-state index contributed by atoms with van der Waals surface area (Å²) in [6, 6.07) is 12.8. The van der Waals surface area contributed by atoms with Gasteiger partial charge < -0.3 is 17.2 Å². The number of hydrogen-bond acceptors (Lipinski definition) is 6. The maximum absolute atomic E-state index is 5.96. The van der Waals surface area contributed by atoms with E-state index in [-0.39, 0.29) is 0 Å². The lowest BCUT2D eigenvalue weighted by atomic mass is 10.1. The number of benzene rings is 2. The van der Waals surface area contributed by atoms with E-state index in [0.717, 1.165) is 21.9 Å². The van der Waals surface area contributed by atoms with Crippen molar-refractivity contribution in [1.29, 1.82) is 0 Å². The highest BCUT2D eigenvalue weighted by atomic mass is 15.1. The number of nitrogens with zero attached hydrogens (tertiary/aromatic N) is 3. The van der Waals surface area contributed by atoms with Crippen LogP contribution >= 0.6 is 0 Å². The number of azo groups is 1.